The average Bonchev–Trinajstić information content (AvgIpc) is 2.39. The summed E-state index contributed by atoms with van der Waals surface area (Å²) in [6.45, 7) is 3.86. The van der Waals surface area contributed by atoms with Gasteiger partial charge < -0.3 is 22.8 Å². The second kappa shape index (κ2) is 7.88. The van der Waals surface area contributed by atoms with E-state index >= 15 is 0 Å². The summed E-state index contributed by atoms with van der Waals surface area (Å²) in [4.78, 5) is 0. The second-order valence-corrected chi connectivity index (χ2v) is 6.09. The molecule has 4 atom stereocenters. The molecule has 0 bridgehead atoms. The molecule has 0 radical (unpaired) electrons. The van der Waals surface area contributed by atoms with Crippen LogP contribution in [0.5, 0.6) is 0 Å². The molecule has 1 heterocycles. The van der Waals surface area contributed by atoms with E-state index in [0.29, 0.717) is 6.04 Å². The molecule has 1 saturated heterocycles. The van der Waals surface area contributed by atoms with E-state index in [2.05, 4.69) is 23.9 Å². The number of quaternary nitrogens is 1. The maximum absolute atomic E-state index is 10.4. The molecule has 1 aliphatic heterocycles. The van der Waals surface area contributed by atoms with Crippen molar-refractivity contribution in [2.24, 2.45) is 5.92 Å². The third-order valence-corrected chi connectivity index (χ3v) is 4.87. The van der Waals surface area contributed by atoms with E-state index in [1.807, 2.05) is 6.08 Å². The number of hydrogen-bond donors (Lipinski definition) is 2. The van der Waals surface area contributed by atoms with Crippen LogP contribution >= 0.6 is 0 Å². The number of nitrogens with two attached hydrogens (primary N) is 1. The van der Waals surface area contributed by atoms with Crippen LogP contribution in [-0.4, -0.2) is 22.8 Å². The Morgan fingerprint density at radius 2 is 2.05 bits per heavy atom. The smallest absolute Gasteiger partial charge is 0.105 e. The highest BCUT2D eigenvalue weighted by Gasteiger charge is 2.49. The third kappa shape index (κ3) is 3.67. The lowest BCUT2D eigenvalue weighted by atomic mass is 9.66. The zero-order chi connectivity index (χ0) is 13.7. The third-order valence-electron chi connectivity index (χ3n) is 4.87. The fourth-order valence-corrected chi connectivity index (χ4v) is 4.06. The lowest BCUT2D eigenvalue weighted by Crippen LogP contribution is -3.04. The Labute approximate surface area is 129 Å². The molecule has 0 aromatic carbocycles. The van der Waals surface area contributed by atoms with E-state index in [1.54, 1.807) is 6.08 Å². The van der Waals surface area contributed by atoms with Gasteiger partial charge in [0.15, 0.2) is 0 Å². The highest BCUT2D eigenvalue weighted by Crippen LogP contribution is 2.37. The SMILES string of the molecule is C#C/C=C\[C@@H]1[C@@H](O)CCC[C@]12CCC[C@@H](CC=C)[NH2+]2.[Cl-]. The van der Waals surface area contributed by atoms with Crippen molar-refractivity contribution in [3.8, 4) is 12.3 Å². The van der Waals surface area contributed by atoms with Gasteiger partial charge in [0.05, 0.1) is 18.1 Å². The fourth-order valence-electron chi connectivity index (χ4n) is 4.06. The molecule has 112 valence electrons. The van der Waals surface area contributed by atoms with Crippen molar-refractivity contribution in [3.63, 3.8) is 0 Å². The van der Waals surface area contributed by atoms with Gasteiger partial charge >= 0.3 is 0 Å². The van der Waals surface area contributed by atoms with Gasteiger partial charge in [0.25, 0.3) is 0 Å². The number of aliphatic hydroxyl groups excluding tert-OH is 1. The lowest BCUT2D eigenvalue weighted by molar-refractivity contribution is -0.774. The summed E-state index contributed by atoms with van der Waals surface area (Å²) in [6, 6.07) is 0.623. The Morgan fingerprint density at radius 1 is 1.35 bits per heavy atom. The molecular formula is C17H26ClNO. The first-order valence-electron chi connectivity index (χ1n) is 7.49. The first-order valence-corrected chi connectivity index (χ1v) is 7.49. The van der Waals surface area contributed by atoms with Gasteiger partial charge in [-0.05, 0) is 31.8 Å². The number of aliphatic hydroxyl groups is 1. The molecule has 0 unspecified atom stereocenters. The second-order valence-electron chi connectivity index (χ2n) is 6.09. The van der Waals surface area contributed by atoms with Crippen molar-refractivity contribution >= 4 is 0 Å². The highest BCUT2D eigenvalue weighted by atomic mass is 35.5. The summed E-state index contributed by atoms with van der Waals surface area (Å²) in [5, 5.41) is 12.9. The van der Waals surface area contributed by atoms with Crippen LogP contribution in [-0.2, 0) is 0 Å². The van der Waals surface area contributed by atoms with Crippen LogP contribution in [0, 0.1) is 18.3 Å². The Kier molecular flexibility index (Phi) is 6.82. The Bertz CT molecular complexity index is 383. The monoisotopic (exact) mass is 295 g/mol. The standard InChI is InChI=1S/C17H25NO.ClH/c1-3-5-10-15-16(19)11-7-13-17(15)12-6-9-14(18-17)8-4-2;/h1,4-5,10,14-16,18-19H,2,6-9,11-13H2;1H/b10-5-;/t14-,15-,16+,17-;/m1./s1. The molecule has 3 heteroatoms. The van der Waals surface area contributed by atoms with Crippen molar-refractivity contribution < 1.29 is 22.8 Å². The van der Waals surface area contributed by atoms with E-state index in [0.717, 1.165) is 19.3 Å². The van der Waals surface area contributed by atoms with Gasteiger partial charge in [-0.15, -0.1) is 13.0 Å². The van der Waals surface area contributed by atoms with Crippen LogP contribution in [0.2, 0.25) is 0 Å². The fraction of sp³-hybridized carbons (Fsp3) is 0.647. The molecule has 0 aromatic rings. The minimum Gasteiger partial charge on any atom is -1.00 e. The molecule has 1 saturated carbocycles. The number of piperidine rings is 1. The normalized spacial score (nSPS) is 37.3. The maximum atomic E-state index is 10.4. The number of halogens is 1. The molecule has 1 aliphatic carbocycles. The van der Waals surface area contributed by atoms with Crippen molar-refractivity contribution in [1.82, 2.24) is 0 Å². The largest absolute Gasteiger partial charge is 1.00 e. The van der Waals surface area contributed by atoms with Crippen molar-refractivity contribution in [3.05, 3.63) is 24.8 Å². The molecule has 2 rings (SSSR count). The first-order chi connectivity index (χ1) is 9.22. The van der Waals surface area contributed by atoms with E-state index < -0.39 is 0 Å². The van der Waals surface area contributed by atoms with Gasteiger partial charge in [-0.3, -0.25) is 0 Å². The molecular weight excluding hydrogens is 270 g/mol. The van der Waals surface area contributed by atoms with Gasteiger partial charge in [0, 0.05) is 19.3 Å². The quantitative estimate of drug-likeness (QED) is 0.497. The van der Waals surface area contributed by atoms with Crippen LogP contribution in [0.3, 0.4) is 0 Å². The van der Waals surface area contributed by atoms with Crippen LogP contribution in [0.25, 0.3) is 0 Å². The van der Waals surface area contributed by atoms with E-state index in [1.165, 1.54) is 25.7 Å². The van der Waals surface area contributed by atoms with Gasteiger partial charge in [-0.1, -0.05) is 18.1 Å². The predicted octanol–water partition coefficient (Wildman–Crippen LogP) is -1.23. The van der Waals surface area contributed by atoms with Gasteiger partial charge in [0.2, 0.25) is 0 Å². The van der Waals surface area contributed by atoms with Crippen molar-refractivity contribution in [1.29, 1.82) is 0 Å². The Morgan fingerprint density at radius 3 is 2.70 bits per heavy atom. The average molecular weight is 296 g/mol. The predicted molar refractivity (Wildman–Crippen MR) is 78.4 cm³/mol. The Balaban J connectivity index is 0.00000200. The first kappa shape index (κ1) is 17.3. The van der Waals surface area contributed by atoms with E-state index in [4.69, 9.17) is 6.42 Å². The summed E-state index contributed by atoms with van der Waals surface area (Å²) in [6.07, 6.45) is 18.9. The summed E-state index contributed by atoms with van der Waals surface area (Å²) in [5.74, 6) is 2.77. The van der Waals surface area contributed by atoms with Crippen molar-refractivity contribution in [2.75, 3.05) is 0 Å². The van der Waals surface area contributed by atoms with Crippen molar-refractivity contribution in [2.45, 2.75) is 62.6 Å². The maximum Gasteiger partial charge on any atom is 0.105 e. The molecule has 1 spiro atoms. The molecule has 0 amide bonds. The van der Waals surface area contributed by atoms with Gasteiger partial charge in [-0.25, -0.2) is 0 Å². The number of rotatable bonds is 3. The summed E-state index contributed by atoms with van der Waals surface area (Å²) >= 11 is 0. The number of terminal acetylenes is 1. The van der Waals surface area contributed by atoms with Gasteiger partial charge in [-0.2, -0.15) is 0 Å². The summed E-state index contributed by atoms with van der Waals surface area (Å²) in [7, 11) is 0. The highest BCUT2D eigenvalue weighted by molar-refractivity contribution is 5.15. The summed E-state index contributed by atoms with van der Waals surface area (Å²) < 4.78 is 0. The minimum absolute atomic E-state index is 0. The van der Waals surface area contributed by atoms with Crippen LogP contribution in [0.4, 0.5) is 0 Å². The van der Waals surface area contributed by atoms with Crippen LogP contribution in [0.15, 0.2) is 24.8 Å². The Hall–Kier alpha value is -0.750. The lowest BCUT2D eigenvalue weighted by Gasteiger charge is -2.47. The van der Waals surface area contributed by atoms with Crippen LogP contribution < -0.4 is 17.7 Å². The molecule has 2 nitrogen and oxygen atoms in total. The zero-order valence-electron chi connectivity index (χ0n) is 12.1. The minimum atomic E-state index is -0.239. The molecule has 2 fully saturated rings. The number of hydrogen-bond acceptors (Lipinski definition) is 1. The van der Waals surface area contributed by atoms with Crippen LogP contribution in [0.1, 0.15) is 44.9 Å². The zero-order valence-corrected chi connectivity index (χ0v) is 12.9. The van der Waals surface area contributed by atoms with Gasteiger partial charge in [0.1, 0.15) is 5.54 Å². The summed E-state index contributed by atoms with van der Waals surface area (Å²) in [5.41, 5.74) is 0.164. The molecule has 0 aromatic heterocycles. The topological polar surface area (TPSA) is 36.8 Å². The van der Waals surface area contributed by atoms with E-state index in [9.17, 15) is 5.11 Å². The molecule has 2 aliphatic rings. The molecule has 20 heavy (non-hydrogen) atoms. The number of allylic oxidation sites excluding steroid dienone is 1. The van der Waals surface area contributed by atoms with E-state index in [-0.39, 0.29) is 30.0 Å². The molecule has 3 N–H and O–H groups in total.